The van der Waals surface area contributed by atoms with Crippen LogP contribution in [0.25, 0.3) is 0 Å². The number of carbonyl (C=O) groups excluding carboxylic acids is 1. The lowest BCUT2D eigenvalue weighted by atomic mass is 10.0. The third-order valence-corrected chi connectivity index (χ3v) is 7.29. The molecule has 0 aromatic heterocycles. The van der Waals surface area contributed by atoms with Crippen molar-refractivity contribution in [2.24, 2.45) is 0 Å². The van der Waals surface area contributed by atoms with E-state index >= 15 is 0 Å². The van der Waals surface area contributed by atoms with Crippen LogP contribution in [-0.2, 0) is 10.2 Å². The fourth-order valence-electron chi connectivity index (χ4n) is 3.53. The van der Waals surface area contributed by atoms with Crippen LogP contribution in [0.2, 0.25) is 0 Å². The van der Waals surface area contributed by atoms with Crippen molar-refractivity contribution in [3.8, 4) is 0 Å². The lowest BCUT2D eigenvalue weighted by Crippen LogP contribution is -2.57. The van der Waals surface area contributed by atoms with Gasteiger partial charge in [-0.25, -0.2) is 0 Å². The van der Waals surface area contributed by atoms with Gasteiger partial charge in [0.1, 0.15) is 0 Å². The summed E-state index contributed by atoms with van der Waals surface area (Å²) >= 11 is 0. The zero-order chi connectivity index (χ0) is 18.9. The molecule has 0 spiro atoms. The van der Waals surface area contributed by atoms with Gasteiger partial charge < -0.3 is 9.80 Å². The number of rotatable bonds is 3. The molecule has 2 aliphatic heterocycles. The molecule has 0 N–H and O–H groups in total. The van der Waals surface area contributed by atoms with E-state index in [1.54, 1.807) is 9.21 Å². The van der Waals surface area contributed by atoms with Gasteiger partial charge in [0.05, 0.1) is 0 Å². The number of piperazine rings is 2. The van der Waals surface area contributed by atoms with E-state index in [-0.39, 0.29) is 5.91 Å². The van der Waals surface area contributed by atoms with Gasteiger partial charge in [0, 0.05) is 57.9 Å². The minimum Gasteiger partial charge on any atom is -0.336 e. The Hall–Kier alpha value is -1.48. The highest BCUT2D eigenvalue weighted by Crippen LogP contribution is 2.18. The van der Waals surface area contributed by atoms with E-state index in [2.05, 4.69) is 4.90 Å². The molecule has 7 nitrogen and oxygen atoms in total. The Bertz CT molecular complexity index is 765. The summed E-state index contributed by atoms with van der Waals surface area (Å²) in [7, 11) is -1.43. The standard InChI is InChI=1S/C18H28N4O3S/c1-15-4-5-17(16(2)14-15)18(23)20-8-12-22(13-9-20)26(24,25)21-10-6-19(3)7-11-21/h4-5,14H,6-13H2,1-3H3. The molecule has 2 saturated heterocycles. The van der Waals surface area contributed by atoms with E-state index in [1.165, 1.54) is 4.31 Å². The zero-order valence-electron chi connectivity index (χ0n) is 15.8. The molecule has 144 valence electrons. The van der Waals surface area contributed by atoms with Crippen LogP contribution in [0.5, 0.6) is 0 Å². The van der Waals surface area contributed by atoms with Crippen LogP contribution in [0.1, 0.15) is 21.5 Å². The van der Waals surface area contributed by atoms with E-state index in [4.69, 9.17) is 0 Å². The molecule has 2 heterocycles. The highest BCUT2D eigenvalue weighted by molar-refractivity contribution is 7.86. The van der Waals surface area contributed by atoms with Gasteiger partial charge in [-0.1, -0.05) is 17.7 Å². The monoisotopic (exact) mass is 380 g/mol. The molecule has 8 heteroatoms. The lowest BCUT2D eigenvalue weighted by molar-refractivity contribution is 0.0691. The number of hydrogen-bond acceptors (Lipinski definition) is 4. The maximum absolute atomic E-state index is 12.8. The maximum atomic E-state index is 12.8. The van der Waals surface area contributed by atoms with Gasteiger partial charge in [-0.2, -0.15) is 17.0 Å². The summed E-state index contributed by atoms with van der Waals surface area (Å²) in [4.78, 5) is 16.7. The molecular weight excluding hydrogens is 352 g/mol. The van der Waals surface area contributed by atoms with Gasteiger partial charge in [0.2, 0.25) is 0 Å². The molecule has 1 aromatic carbocycles. The molecule has 0 atom stereocenters. The van der Waals surface area contributed by atoms with Crippen molar-refractivity contribution < 1.29 is 13.2 Å². The molecule has 0 radical (unpaired) electrons. The highest BCUT2D eigenvalue weighted by atomic mass is 32.2. The average molecular weight is 381 g/mol. The Morgan fingerprint density at radius 3 is 1.96 bits per heavy atom. The van der Waals surface area contributed by atoms with Crippen LogP contribution in [0, 0.1) is 13.8 Å². The molecule has 0 bridgehead atoms. The van der Waals surface area contributed by atoms with Crippen molar-refractivity contribution in [3.63, 3.8) is 0 Å². The molecule has 3 rings (SSSR count). The predicted octanol–water partition coefficient (Wildman–Crippen LogP) is 0.553. The molecular formula is C18H28N4O3S. The summed E-state index contributed by atoms with van der Waals surface area (Å²) in [5, 5.41) is 0. The number of amides is 1. The average Bonchev–Trinajstić information content (AvgIpc) is 2.62. The molecule has 1 aromatic rings. The number of benzene rings is 1. The van der Waals surface area contributed by atoms with Crippen LogP contribution in [0.15, 0.2) is 18.2 Å². The second kappa shape index (κ2) is 7.64. The summed E-state index contributed by atoms with van der Waals surface area (Å²) < 4.78 is 28.7. The van der Waals surface area contributed by atoms with E-state index in [9.17, 15) is 13.2 Å². The predicted molar refractivity (Wildman–Crippen MR) is 101 cm³/mol. The fraction of sp³-hybridized carbons (Fsp3) is 0.611. The Labute approximate surface area is 156 Å². The van der Waals surface area contributed by atoms with Crippen molar-refractivity contribution in [3.05, 3.63) is 34.9 Å². The second-order valence-electron chi connectivity index (χ2n) is 7.22. The van der Waals surface area contributed by atoms with Crippen molar-refractivity contribution in [2.75, 3.05) is 59.4 Å². The quantitative estimate of drug-likeness (QED) is 0.768. The molecule has 1 amide bonds. The zero-order valence-corrected chi connectivity index (χ0v) is 16.6. The van der Waals surface area contributed by atoms with E-state index in [0.717, 1.165) is 24.2 Å². The van der Waals surface area contributed by atoms with Crippen LogP contribution in [0.4, 0.5) is 0 Å². The van der Waals surface area contributed by atoms with Crippen molar-refractivity contribution in [1.82, 2.24) is 18.4 Å². The summed E-state index contributed by atoms with van der Waals surface area (Å²) in [6.45, 7) is 8.07. The second-order valence-corrected chi connectivity index (χ2v) is 9.15. The summed E-state index contributed by atoms with van der Waals surface area (Å²) in [6, 6.07) is 5.80. The number of hydrogen-bond donors (Lipinski definition) is 0. The summed E-state index contributed by atoms with van der Waals surface area (Å²) in [6.07, 6.45) is 0. The van der Waals surface area contributed by atoms with Gasteiger partial charge in [0.25, 0.3) is 16.1 Å². The van der Waals surface area contributed by atoms with E-state index in [1.807, 2.05) is 39.1 Å². The van der Waals surface area contributed by atoms with Gasteiger partial charge in [-0.15, -0.1) is 0 Å². The van der Waals surface area contributed by atoms with Gasteiger partial charge in [-0.3, -0.25) is 4.79 Å². The number of carbonyl (C=O) groups is 1. The minimum atomic E-state index is -3.43. The van der Waals surface area contributed by atoms with Gasteiger partial charge in [0.15, 0.2) is 0 Å². The van der Waals surface area contributed by atoms with Crippen molar-refractivity contribution in [2.45, 2.75) is 13.8 Å². The Kier molecular flexibility index (Phi) is 5.67. The smallest absolute Gasteiger partial charge is 0.282 e. The molecule has 2 fully saturated rings. The topological polar surface area (TPSA) is 64.2 Å². The van der Waals surface area contributed by atoms with Crippen LogP contribution in [-0.4, -0.2) is 92.1 Å². The third kappa shape index (κ3) is 3.93. The van der Waals surface area contributed by atoms with Crippen molar-refractivity contribution >= 4 is 16.1 Å². The molecule has 26 heavy (non-hydrogen) atoms. The molecule has 2 aliphatic rings. The van der Waals surface area contributed by atoms with Crippen LogP contribution in [0.3, 0.4) is 0 Å². The highest BCUT2D eigenvalue weighted by Gasteiger charge is 2.34. The number of likely N-dealkylation sites (N-methyl/N-ethyl adjacent to an activating group) is 1. The third-order valence-electron chi connectivity index (χ3n) is 5.25. The van der Waals surface area contributed by atoms with Gasteiger partial charge >= 0.3 is 0 Å². The Morgan fingerprint density at radius 1 is 0.885 bits per heavy atom. The number of aryl methyl sites for hydroxylation is 2. The fourth-order valence-corrected chi connectivity index (χ4v) is 5.10. The van der Waals surface area contributed by atoms with E-state index < -0.39 is 10.2 Å². The minimum absolute atomic E-state index is 0.0147. The summed E-state index contributed by atoms with van der Waals surface area (Å²) in [5.74, 6) is -0.0147. The largest absolute Gasteiger partial charge is 0.336 e. The normalized spacial score (nSPS) is 21.1. The lowest BCUT2D eigenvalue weighted by Gasteiger charge is -2.39. The van der Waals surface area contributed by atoms with Crippen molar-refractivity contribution in [1.29, 1.82) is 0 Å². The number of nitrogens with zero attached hydrogens (tertiary/aromatic N) is 4. The SMILES string of the molecule is Cc1ccc(C(=O)N2CCN(S(=O)(=O)N3CCN(C)CC3)CC2)c(C)c1. The molecule has 0 aliphatic carbocycles. The first-order valence-corrected chi connectivity index (χ1v) is 10.5. The Morgan fingerprint density at radius 2 is 1.42 bits per heavy atom. The van der Waals surface area contributed by atoms with Gasteiger partial charge in [-0.05, 0) is 32.5 Å². The maximum Gasteiger partial charge on any atom is 0.282 e. The Balaban J connectivity index is 1.62. The van der Waals surface area contributed by atoms with Crippen LogP contribution >= 0.6 is 0 Å². The van der Waals surface area contributed by atoms with E-state index in [0.29, 0.717) is 44.8 Å². The van der Waals surface area contributed by atoms with Crippen LogP contribution < -0.4 is 0 Å². The molecule has 0 saturated carbocycles. The summed E-state index contributed by atoms with van der Waals surface area (Å²) in [5.41, 5.74) is 2.79. The first kappa shape index (κ1) is 19.3. The molecule has 0 unspecified atom stereocenters. The first-order chi connectivity index (χ1) is 12.3. The first-order valence-electron chi connectivity index (χ1n) is 9.09.